The minimum absolute atomic E-state index is 0.00478. The number of nitrogens with zero attached hydrogens (tertiary/aromatic N) is 2. The Morgan fingerprint density at radius 3 is 1.92 bits per heavy atom. The van der Waals surface area contributed by atoms with Crippen LogP contribution in [0, 0.1) is 0 Å². The predicted octanol–water partition coefficient (Wildman–Crippen LogP) is 4.86. The second-order valence-electron chi connectivity index (χ2n) is 7.59. The maximum Gasteiger partial charge on any atom is 0.264 e. The summed E-state index contributed by atoms with van der Waals surface area (Å²) >= 11 is 12.1. The predicted molar refractivity (Wildman–Crippen MR) is 143 cm³/mol. The first-order chi connectivity index (χ1) is 17.0. The molecule has 0 saturated carbocycles. The largest absolute Gasteiger partial charge is 0.325 e. The van der Waals surface area contributed by atoms with E-state index in [4.69, 9.17) is 23.2 Å². The van der Waals surface area contributed by atoms with Gasteiger partial charge in [0.1, 0.15) is 6.54 Å². The molecule has 0 aromatic heterocycles. The first kappa shape index (κ1) is 27.9. The molecule has 1 amide bonds. The Labute approximate surface area is 221 Å². The number of carbonyl (C=O) groups excluding carboxylic acids is 1. The Bertz CT molecular complexity index is 1430. The Balaban J connectivity index is 1.87. The highest BCUT2D eigenvalue weighted by atomic mass is 35.5. The zero-order valence-corrected chi connectivity index (χ0v) is 22.7. The van der Waals surface area contributed by atoms with Crippen molar-refractivity contribution in [2.45, 2.75) is 23.6 Å². The molecule has 0 unspecified atom stereocenters. The summed E-state index contributed by atoms with van der Waals surface area (Å²) < 4.78 is 54.4. The lowest BCUT2D eigenvalue weighted by molar-refractivity contribution is -0.114. The van der Waals surface area contributed by atoms with E-state index in [0.717, 1.165) is 4.31 Å². The molecule has 1 N–H and O–H groups in total. The second kappa shape index (κ2) is 11.6. The van der Waals surface area contributed by atoms with Gasteiger partial charge in [0.05, 0.1) is 25.5 Å². The minimum atomic E-state index is -4.13. The van der Waals surface area contributed by atoms with Gasteiger partial charge in [0.25, 0.3) is 10.0 Å². The lowest BCUT2D eigenvalue weighted by Gasteiger charge is -2.24. The lowest BCUT2D eigenvalue weighted by atomic mass is 10.3. The smallest absolute Gasteiger partial charge is 0.264 e. The van der Waals surface area contributed by atoms with Crippen molar-refractivity contribution in [3.63, 3.8) is 0 Å². The number of benzene rings is 3. The second-order valence-corrected chi connectivity index (χ2v) is 12.2. The van der Waals surface area contributed by atoms with Crippen molar-refractivity contribution in [2.24, 2.45) is 0 Å². The molecule has 3 aromatic carbocycles. The lowest BCUT2D eigenvalue weighted by Crippen LogP contribution is -2.38. The van der Waals surface area contributed by atoms with Gasteiger partial charge in [-0.1, -0.05) is 55.2 Å². The first-order valence-electron chi connectivity index (χ1n) is 10.9. The molecule has 0 fully saturated rings. The van der Waals surface area contributed by atoms with Crippen LogP contribution >= 0.6 is 23.2 Å². The van der Waals surface area contributed by atoms with Crippen molar-refractivity contribution in [1.82, 2.24) is 4.31 Å². The summed E-state index contributed by atoms with van der Waals surface area (Å²) in [7, 11) is -7.78. The summed E-state index contributed by atoms with van der Waals surface area (Å²) in [5.41, 5.74) is 0.466. The maximum absolute atomic E-state index is 13.4. The van der Waals surface area contributed by atoms with Gasteiger partial charge in [-0.2, -0.15) is 4.31 Å². The fourth-order valence-corrected chi connectivity index (χ4v) is 6.61. The van der Waals surface area contributed by atoms with Gasteiger partial charge in [-0.25, -0.2) is 16.8 Å². The number of halogens is 2. The number of hydrogen-bond donors (Lipinski definition) is 1. The summed E-state index contributed by atoms with van der Waals surface area (Å²) in [5, 5.41) is 2.98. The Hall–Kier alpha value is -2.63. The third-order valence-corrected chi connectivity index (χ3v) is 9.88. The van der Waals surface area contributed by atoms with Crippen molar-refractivity contribution in [2.75, 3.05) is 29.3 Å². The summed E-state index contributed by atoms with van der Waals surface area (Å²) in [6.07, 6.45) is 0. The molecule has 0 aliphatic carbocycles. The first-order valence-corrected chi connectivity index (χ1v) is 14.6. The highest BCUT2D eigenvalue weighted by Gasteiger charge is 2.28. The molecule has 0 bridgehead atoms. The van der Waals surface area contributed by atoms with Crippen molar-refractivity contribution in [3.8, 4) is 0 Å². The number of nitrogens with one attached hydrogen (secondary N) is 1. The number of anilines is 2. The molecule has 36 heavy (non-hydrogen) atoms. The van der Waals surface area contributed by atoms with Crippen LogP contribution in [0.4, 0.5) is 11.4 Å². The van der Waals surface area contributed by atoms with Crippen molar-refractivity contribution < 1.29 is 21.6 Å². The summed E-state index contributed by atoms with van der Waals surface area (Å²) in [4.78, 5) is 13.0. The molecule has 0 aliphatic rings. The zero-order valence-electron chi connectivity index (χ0n) is 19.6. The van der Waals surface area contributed by atoms with Crippen LogP contribution in [0.2, 0.25) is 10.0 Å². The number of rotatable bonds is 10. The monoisotopic (exact) mass is 569 g/mol. The molecule has 12 heteroatoms. The fraction of sp³-hybridized carbons (Fsp3) is 0.208. The Kier molecular flexibility index (Phi) is 9.02. The van der Waals surface area contributed by atoms with Crippen molar-refractivity contribution >= 4 is 60.5 Å². The molecule has 0 saturated heterocycles. The highest BCUT2D eigenvalue weighted by molar-refractivity contribution is 7.92. The summed E-state index contributed by atoms with van der Waals surface area (Å²) in [6.45, 7) is 3.60. The van der Waals surface area contributed by atoms with E-state index in [1.54, 1.807) is 32.0 Å². The quantitative estimate of drug-likeness (QED) is 0.375. The molecular weight excluding hydrogens is 545 g/mol. The molecule has 0 heterocycles. The molecule has 0 atom stereocenters. The average molecular weight is 571 g/mol. The van der Waals surface area contributed by atoms with E-state index >= 15 is 0 Å². The van der Waals surface area contributed by atoms with Gasteiger partial charge in [-0.05, 0) is 54.6 Å². The topological polar surface area (TPSA) is 104 Å². The van der Waals surface area contributed by atoms with Crippen molar-refractivity contribution in [3.05, 3.63) is 82.8 Å². The SMILES string of the molecule is CCN(CC)S(=O)(=O)c1ccc(NC(=O)CN(c2ccc(Cl)c(Cl)c2)S(=O)(=O)c2ccccc2)cc1. The standard InChI is InChI=1S/C24H25Cl2N3O5S2/c1-3-28(4-2)35(31,32)21-13-10-18(11-14-21)27-24(30)17-29(19-12-15-22(25)23(26)16-19)36(33,34)20-8-6-5-7-9-20/h5-16H,3-4,17H2,1-2H3,(H,27,30). The molecule has 0 aliphatic heterocycles. The van der Waals surface area contributed by atoms with Crippen LogP contribution in [0.15, 0.2) is 82.6 Å². The van der Waals surface area contributed by atoms with Gasteiger partial charge in [0.2, 0.25) is 15.9 Å². The van der Waals surface area contributed by atoms with Gasteiger partial charge in [-0.15, -0.1) is 0 Å². The molecule has 8 nitrogen and oxygen atoms in total. The molecule has 3 rings (SSSR count). The minimum Gasteiger partial charge on any atom is -0.325 e. The third-order valence-electron chi connectivity index (χ3n) is 5.29. The fourth-order valence-electron chi connectivity index (χ4n) is 3.43. The van der Waals surface area contributed by atoms with Crippen LogP contribution in [-0.2, 0) is 24.8 Å². The van der Waals surface area contributed by atoms with Crippen LogP contribution in [0.3, 0.4) is 0 Å². The van der Waals surface area contributed by atoms with Gasteiger partial charge >= 0.3 is 0 Å². The Morgan fingerprint density at radius 2 is 1.36 bits per heavy atom. The van der Waals surface area contributed by atoms with E-state index < -0.39 is 32.5 Å². The highest BCUT2D eigenvalue weighted by Crippen LogP contribution is 2.30. The van der Waals surface area contributed by atoms with E-state index in [-0.39, 0.29) is 25.5 Å². The van der Waals surface area contributed by atoms with E-state index in [0.29, 0.717) is 18.8 Å². The van der Waals surface area contributed by atoms with Crippen LogP contribution in [-0.4, -0.2) is 46.7 Å². The van der Waals surface area contributed by atoms with Gasteiger partial charge < -0.3 is 5.32 Å². The van der Waals surface area contributed by atoms with E-state index in [2.05, 4.69) is 5.32 Å². The number of carbonyl (C=O) groups is 1. The van der Waals surface area contributed by atoms with Crippen LogP contribution in [0.1, 0.15) is 13.8 Å². The normalized spacial score (nSPS) is 11.9. The molecule has 0 spiro atoms. The number of hydrogen-bond acceptors (Lipinski definition) is 5. The summed E-state index contributed by atoms with van der Waals surface area (Å²) in [6, 6.07) is 17.6. The van der Waals surface area contributed by atoms with E-state index in [1.165, 1.54) is 58.9 Å². The average Bonchev–Trinajstić information content (AvgIpc) is 2.85. The van der Waals surface area contributed by atoms with Crippen molar-refractivity contribution in [1.29, 1.82) is 0 Å². The van der Waals surface area contributed by atoms with Gasteiger partial charge in [0, 0.05) is 18.8 Å². The molecular formula is C24H25Cl2N3O5S2. The zero-order chi connectivity index (χ0) is 26.5. The molecule has 3 aromatic rings. The van der Waals surface area contributed by atoms with E-state index in [1.807, 2.05) is 0 Å². The number of amides is 1. The third kappa shape index (κ3) is 6.19. The summed E-state index contributed by atoms with van der Waals surface area (Å²) in [5.74, 6) is -0.639. The molecule has 0 radical (unpaired) electrons. The van der Waals surface area contributed by atoms with Crippen LogP contribution in [0.5, 0.6) is 0 Å². The number of sulfonamides is 2. The van der Waals surface area contributed by atoms with Gasteiger partial charge in [-0.3, -0.25) is 9.10 Å². The van der Waals surface area contributed by atoms with Gasteiger partial charge in [0.15, 0.2) is 0 Å². The van der Waals surface area contributed by atoms with E-state index in [9.17, 15) is 21.6 Å². The maximum atomic E-state index is 13.4. The van der Waals surface area contributed by atoms with Crippen LogP contribution in [0.25, 0.3) is 0 Å². The molecule has 192 valence electrons. The Morgan fingerprint density at radius 1 is 0.778 bits per heavy atom. The van der Waals surface area contributed by atoms with Crippen LogP contribution < -0.4 is 9.62 Å².